The van der Waals surface area contributed by atoms with Gasteiger partial charge < -0.3 is 10.3 Å². The van der Waals surface area contributed by atoms with Crippen LogP contribution in [0.5, 0.6) is 0 Å². The van der Waals surface area contributed by atoms with Gasteiger partial charge in [-0.2, -0.15) is 0 Å². The first-order chi connectivity index (χ1) is 6.72. The summed E-state index contributed by atoms with van der Waals surface area (Å²) in [5.74, 6) is 0. The molecule has 0 spiro atoms. The summed E-state index contributed by atoms with van der Waals surface area (Å²) in [6.45, 7) is 5.00. The molecule has 14 heavy (non-hydrogen) atoms. The Morgan fingerprint density at radius 1 is 1.29 bits per heavy atom. The number of nitrogens with zero attached hydrogens (tertiary/aromatic N) is 1. The minimum atomic E-state index is 0.510. The number of benzene rings is 1. The van der Waals surface area contributed by atoms with Crippen LogP contribution in [0.4, 0.5) is 0 Å². The van der Waals surface area contributed by atoms with Gasteiger partial charge >= 0.3 is 0 Å². The molecule has 0 aliphatic rings. The molecule has 0 amide bonds. The molecule has 0 saturated heterocycles. The molecule has 2 aromatic rings. The van der Waals surface area contributed by atoms with E-state index in [1.165, 1.54) is 16.5 Å². The summed E-state index contributed by atoms with van der Waals surface area (Å²) in [5, 5.41) is 1.28. The first-order valence-electron chi connectivity index (χ1n) is 5.02. The van der Waals surface area contributed by atoms with Gasteiger partial charge in [-0.15, -0.1) is 0 Å². The number of aromatic nitrogens is 1. The summed E-state index contributed by atoms with van der Waals surface area (Å²) < 4.78 is 2.27. The van der Waals surface area contributed by atoms with E-state index in [-0.39, 0.29) is 0 Å². The lowest BCUT2D eigenvalue weighted by Crippen LogP contribution is -1.99. The van der Waals surface area contributed by atoms with Crippen LogP contribution in [0, 0.1) is 0 Å². The van der Waals surface area contributed by atoms with Crippen LogP contribution >= 0.6 is 0 Å². The molecule has 0 aliphatic carbocycles. The largest absolute Gasteiger partial charge is 0.345 e. The second-order valence-corrected chi connectivity index (χ2v) is 3.91. The highest BCUT2D eigenvalue weighted by atomic mass is 15.0. The first kappa shape index (κ1) is 9.28. The van der Waals surface area contributed by atoms with Crippen LogP contribution in [0.25, 0.3) is 10.9 Å². The van der Waals surface area contributed by atoms with Gasteiger partial charge in [0.05, 0.1) is 0 Å². The number of nitrogens with two attached hydrogens (primary N) is 1. The first-order valence-corrected chi connectivity index (χ1v) is 5.02. The van der Waals surface area contributed by atoms with E-state index in [0.717, 1.165) is 0 Å². The highest BCUT2D eigenvalue weighted by molar-refractivity contribution is 5.81. The van der Waals surface area contributed by atoms with Gasteiger partial charge in [0.25, 0.3) is 0 Å². The Kier molecular flexibility index (Phi) is 2.30. The van der Waals surface area contributed by atoms with Crippen LogP contribution in [0.1, 0.15) is 25.5 Å². The van der Waals surface area contributed by atoms with Gasteiger partial charge in [0.1, 0.15) is 0 Å². The van der Waals surface area contributed by atoms with E-state index in [9.17, 15) is 0 Å². The maximum atomic E-state index is 5.60. The monoisotopic (exact) mass is 188 g/mol. The second-order valence-electron chi connectivity index (χ2n) is 3.91. The van der Waals surface area contributed by atoms with E-state index in [4.69, 9.17) is 5.73 Å². The zero-order chi connectivity index (χ0) is 10.1. The van der Waals surface area contributed by atoms with Crippen molar-refractivity contribution in [3.05, 3.63) is 36.0 Å². The number of hydrogen-bond donors (Lipinski definition) is 1. The number of rotatable bonds is 2. The van der Waals surface area contributed by atoms with Crippen molar-refractivity contribution in [2.24, 2.45) is 5.73 Å². The Bertz CT molecular complexity index is 441. The molecule has 0 atom stereocenters. The van der Waals surface area contributed by atoms with Gasteiger partial charge in [0, 0.05) is 24.3 Å². The fourth-order valence-corrected chi connectivity index (χ4v) is 1.79. The van der Waals surface area contributed by atoms with E-state index in [2.05, 4.69) is 48.9 Å². The van der Waals surface area contributed by atoms with Crippen LogP contribution < -0.4 is 5.73 Å². The van der Waals surface area contributed by atoms with Crippen molar-refractivity contribution in [3.63, 3.8) is 0 Å². The highest BCUT2D eigenvalue weighted by Crippen LogP contribution is 2.20. The van der Waals surface area contributed by atoms with Crippen molar-refractivity contribution < 1.29 is 0 Å². The van der Waals surface area contributed by atoms with E-state index < -0.39 is 0 Å². The SMILES string of the molecule is CC(C)n1ccc2cc(CN)ccc21. The summed E-state index contributed by atoms with van der Waals surface area (Å²) in [6.07, 6.45) is 2.13. The summed E-state index contributed by atoms with van der Waals surface area (Å²) in [4.78, 5) is 0. The van der Waals surface area contributed by atoms with Gasteiger partial charge in [0.2, 0.25) is 0 Å². The molecule has 0 bridgehead atoms. The third-order valence-electron chi connectivity index (χ3n) is 2.58. The molecular formula is C12H16N2. The average Bonchev–Trinajstić information content (AvgIpc) is 2.59. The molecule has 2 N–H and O–H groups in total. The molecule has 1 aromatic carbocycles. The smallest absolute Gasteiger partial charge is 0.0482 e. The molecule has 1 aromatic heterocycles. The van der Waals surface area contributed by atoms with Crippen molar-refractivity contribution >= 4 is 10.9 Å². The summed E-state index contributed by atoms with van der Waals surface area (Å²) in [6, 6.07) is 9.07. The summed E-state index contributed by atoms with van der Waals surface area (Å²) in [7, 11) is 0. The molecule has 2 nitrogen and oxygen atoms in total. The van der Waals surface area contributed by atoms with Gasteiger partial charge in [-0.3, -0.25) is 0 Å². The topological polar surface area (TPSA) is 30.9 Å². The van der Waals surface area contributed by atoms with Crippen LogP contribution in [0.3, 0.4) is 0 Å². The van der Waals surface area contributed by atoms with Crippen LogP contribution in [0.2, 0.25) is 0 Å². The van der Waals surface area contributed by atoms with Crippen LogP contribution in [-0.4, -0.2) is 4.57 Å². The van der Waals surface area contributed by atoms with Crippen LogP contribution in [0.15, 0.2) is 30.5 Å². The van der Waals surface area contributed by atoms with Crippen LogP contribution in [-0.2, 0) is 6.54 Å². The Morgan fingerprint density at radius 3 is 2.71 bits per heavy atom. The van der Waals surface area contributed by atoms with Crippen molar-refractivity contribution in [2.45, 2.75) is 26.4 Å². The highest BCUT2D eigenvalue weighted by Gasteiger charge is 2.03. The Hall–Kier alpha value is -1.28. The Balaban J connectivity index is 2.59. The molecule has 0 fully saturated rings. The average molecular weight is 188 g/mol. The normalized spacial score (nSPS) is 11.4. The van der Waals surface area contributed by atoms with Crippen molar-refractivity contribution in [2.75, 3.05) is 0 Å². The Morgan fingerprint density at radius 2 is 2.07 bits per heavy atom. The standard InChI is InChI=1S/C12H16N2/c1-9(2)14-6-5-11-7-10(8-13)3-4-12(11)14/h3-7,9H,8,13H2,1-2H3. The zero-order valence-corrected chi connectivity index (χ0v) is 8.70. The third kappa shape index (κ3) is 1.42. The van der Waals surface area contributed by atoms with E-state index in [1.54, 1.807) is 0 Å². The summed E-state index contributed by atoms with van der Waals surface area (Å²) in [5.41, 5.74) is 8.08. The molecule has 2 rings (SSSR count). The minimum Gasteiger partial charge on any atom is -0.345 e. The second kappa shape index (κ2) is 3.46. The number of fused-ring (bicyclic) bond motifs is 1. The molecule has 74 valence electrons. The lowest BCUT2D eigenvalue weighted by atomic mass is 10.1. The van der Waals surface area contributed by atoms with Gasteiger partial charge in [-0.05, 0) is 43.0 Å². The van der Waals surface area contributed by atoms with Gasteiger partial charge in [-0.1, -0.05) is 6.07 Å². The lowest BCUT2D eigenvalue weighted by Gasteiger charge is -2.09. The fraction of sp³-hybridized carbons (Fsp3) is 0.333. The molecule has 0 aliphatic heterocycles. The van der Waals surface area contributed by atoms with Gasteiger partial charge in [-0.25, -0.2) is 0 Å². The molecule has 0 saturated carbocycles. The van der Waals surface area contributed by atoms with Crippen molar-refractivity contribution in [1.82, 2.24) is 4.57 Å². The maximum Gasteiger partial charge on any atom is 0.0482 e. The minimum absolute atomic E-state index is 0.510. The molecule has 1 heterocycles. The molecule has 2 heteroatoms. The molecule has 0 radical (unpaired) electrons. The third-order valence-corrected chi connectivity index (χ3v) is 2.58. The maximum absolute atomic E-state index is 5.60. The zero-order valence-electron chi connectivity index (χ0n) is 8.70. The Labute approximate surface area is 84.3 Å². The van der Waals surface area contributed by atoms with Gasteiger partial charge in [0.15, 0.2) is 0 Å². The van der Waals surface area contributed by atoms with E-state index in [1.807, 2.05) is 0 Å². The molecular weight excluding hydrogens is 172 g/mol. The summed E-state index contributed by atoms with van der Waals surface area (Å²) >= 11 is 0. The number of hydrogen-bond acceptors (Lipinski definition) is 1. The predicted molar refractivity (Wildman–Crippen MR) is 60.2 cm³/mol. The van der Waals surface area contributed by atoms with E-state index >= 15 is 0 Å². The lowest BCUT2D eigenvalue weighted by molar-refractivity contribution is 0.623. The fourth-order valence-electron chi connectivity index (χ4n) is 1.79. The van der Waals surface area contributed by atoms with Crippen molar-refractivity contribution in [1.29, 1.82) is 0 Å². The quantitative estimate of drug-likeness (QED) is 0.771. The van der Waals surface area contributed by atoms with E-state index in [0.29, 0.717) is 12.6 Å². The molecule has 0 unspecified atom stereocenters. The predicted octanol–water partition coefficient (Wildman–Crippen LogP) is 2.68. The van der Waals surface area contributed by atoms with Crippen molar-refractivity contribution in [3.8, 4) is 0 Å².